The highest BCUT2D eigenvalue weighted by Crippen LogP contribution is 2.38. The first-order valence-corrected chi connectivity index (χ1v) is 6.69. The molecular formula is C14H11Cl2NO4. The molecule has 0 fully saturated rings. The minimum atomic E-state index is -0.588. The van der Waals surface area contributed by atoms with Crippen LogP contribution in [0.15, 0.2) is 30.3 Å². The van der Waals surface area contributed by atoms with Gasteiger partial charge in [0.2, 0.25) is 5.75 Å². The van der Waals surface area contributed by atoms with Crippen LogP contribution in [0.1, 0.15) is 11.1 Å². The highest BCUT2D eigenvalue weighted by Gasteiger charge is 2.19. The minimum Gasteiger partial charge on any atom is -0.450 e. The topological polar surface area (TPSA) is 72.6 Å². The van der Waals surface area contributed by atoms with E-state index in [1.807, 2.05) is 0 Å². The number of aliphatic hydroxyl groups is 1. The van der Waals surface area contributed by atoms with E-state index < -0.39 is 4.92 Å². The number of aryl methyl sites for hydroxylation is 1. The van der Waals surface area contributed by atoms with Crippen LogP contribution in [0.25, 0.3) is 0 Å². The third kappa shape index (κ3) is 3.44. The summed E-state index contributed by atoms with van der Waals surface area (Å²) in [5, 5.41) is 20.4. The maximum atomic E-state index is 11.1. The predicted octanol–water partition coefficient (Wildman–Crippen LogP) is 4.49. The summed E-state index contributed by atoms with van der Waals surface area (Å²) in [5.41, 5.74) is 1.19. The summed E-state index contributed by atoms with van der Waals surface area (Å²) in [4.78, 5) is 10.5. The van der Waals surface area contributed by atoms with Crippen molar-refractivity contribution in [1.29, 1.82) is 0 Å². The van der Waals surface area contributed by atoms with E-state index in [1.54, 1.807) is 25.1 Å². The minimum absolute atomic E-state index is 0.00856. The Kier molecular flexibility index (Phi) is 4.67. The third-order valence-corrected chi connectivity index (χ3v) is 3.56. The summed E-state index contributed by atoms with van der Waals surface area (Å²) < 4.78 is 5.57. The molecule has 2 aromatic rings. The molecule has 0 saturated carbocycles. The summed E-state index contributed by atoms with van der Waals surface area (Å²) in [6.45, 7) is 1.69. The molecule has 2 aromatic carbocycles. The Hall–Kier alpha value is -1.82. The molecule has 0 saturated heterocycles. The average Bonchev–Trinajstić information content (AvgIpc) is 2.44. The summed E-state index contributed by atoms with van der Waals surface area (Å²) in [6.07, 6.45) is 0. The number of aliphatic hydroxyl groups excluding tert-OH is 1. The Morgan fingerprint density at radius 1 is 1.19 bits per heavy atom. The van der Waals surface area contributed by atoms with Crippen molar-refractivity contribution in [2.75, 3.05) is 0 Å². The van der Waals surface area contributed by atoms with Crippen LogP contribution in [0.3, 0.4) is 0 Å². The number of rotatable bonds is 4. The van der Waals surface area contributed by atoms with E-state index in [0.29, 0.717) is 5.75 Å². The van der Waals surface area contributed by atoms with E-state index in [1.165, 1.54) is 6.07 Å². The molecule has 21 heavy (non-hydrogen) atoms. The summed E-state index contributed by atoms with van der Waals surface area (Å²) in [5.74, 6) is 0.447. The summed E-state index contributed by atoms with van der Waals surface area (Å²) >= 11 is 11.7. The van der Waals surface area contributed by atoms with E-state index in [2.05, 4.69) is 0 Å². The second-order valence-electron chi connectivity index (χ2n) is 4.35. The molecule has 0 heterocycles. The zero-order valence-corrected chi connectivity index (χ0v) is 12.5. The predicted molar refractivity (Wildman–Crippen MR) is 80.3 cm³/mol. The van der Waals surface area contributed by atoms with Crippen molar-refractivity contribution in [3.63, 3.8) is 0 Å². The average molecular weight is 328 g/mol. The largest absolute Gasteiger partial charge is 0.450 e. The van der Waals surface area contributed by atoms with Gasteiger partial charge < -0.3 is 9.84 Å². The van der Waals surface area contributed by atoms with E-state index in [0.717, 1.165) is 17.2 Å². The van der Waals surface area contributed by atoms with Crippen LogP contribution in [-0.4, -0.2) is 10.0 Å². The first-order chi connectivity index (χ1) is 9.92. The van der Waals surface area contributed by atoms with Crippen LogP contribution >= 0.6 is 23.2 Å². The van der Waals surface area contributed by atoms with Gasteiger partial charge in [0, 0.05) is 12.1 Å². The number of halogens is 2. The molecule has 2 rings (SSSR count). The lowest BCUT2D eigenvalue weighted by Gasteiger charge is -2.11. The Morgan fingerprint density at radius 2 is 1.86 bits per heavy atom. The van der Waals surface area contributed by atoms with Crippen molar-refractivity contribution in [3.8, 4) is 11.5 Å². The Bertz CT molecular complexity index is 704. The highest BCUT2D eigenvalue weighted by atomic mass is 35.5. The van der Waals surface area contributed by atoms with Crippen LogP contribution in [0.5, 0.6) is 11.5 Å². The fourth-order valence-corrected chi connectivity index (χ4v) is 2.10. The standard InChI is InChI=1S/C14H11Cl2NO4/c1-8-4-9(7-18)2-3-13(8)21-14-6-11(16)10(15)5-12(14)17(19)20/h2-6,18H,7H2,1H3. The van der Waals surface area contributed by atoms with Gasteiger partial charge in [0.15, 0.2) is 0 Å². The summed E-state index contributed by atoms with van der Waals surface area (Å²) in [7, 11) is 0. The Balaban J connectivity index is 2.43. The van der Waals surface area contributed by atoms with Gasteiger partial charge in [-0.2, -0.15) is 0 Å². The molecule has 0 spiro atoms. The molecule has 1 N–H and O–H groups in total. The normalized spacial score (nSPS) is 10.5. The number of hydrogen-bond donors (Lipinski definition) is 1. The Morgan fingerprint density at radius 3 is 2.43 bits per heavy atom. The maximum absolute atomic E-state index is 11.1. The van der Waals surface area contributed by atoms with Gasteiger partial charge in [-0.05, 0) is 24.1 Å². The molecule has 0 aromatic heterocycles. The molecule has 0 aliphatic rings. The van der Waals surface area contributed by atoms with E-state index in [4.69, 9.17) is 33.0 Å². The molecule has 5 nitrogen and oxygen atoms in total. The zero-order chi connectivity index (χ0) is 15.6. The molecular weight excluding hydrogens is 317 g/mol. The summed E-state index contributed by atoms with van der Waals surface area (Å²) in [6, 6.07) is 7.50. The first-order valence-electron chi connectivity index (χ1n) is 5.94. The van der Waals surface area contributed by atoms with Crippen LogP contribution in [-0.2, 0) is 6.61 Å². The van der Waals surface area contributed by atoms with Crippen LogP contribution < -0.4 is 4.74 Å². The van der Waals surface area contributed by atoms with Crippen molar-refractivity contribution in [2.24, 2.45) is 0 Å². The van der Waals surface area contributed by atoms with E-state index in [9.17, 15) is 10.1 Å². The van der Waals surface area contributed by atoms with Gasteiger partial charge in [0.25, 0.3) is 0 Å². The highest BCUT2D eigenvalue weighted by molar-refractivity contribution is 6.42. The molecule has 0 radical (unpaired) electrons. The smallest absolute Gasteiger partial charge is 0.313 e. The molecule has 7 heteroatoms. The van der Waals surface area contributed by atoms with Crippen molar-refractivity contribution in [2.45, 2.75) is 13.5 Å². The second-order valence-corrected chi connectivity index (χ2v) is 5.17. The van der Waals surface area contributed by atoms with Crippen molar-refractivity contribution < 1.29 is 14.8 Å². The van der Waals surface area contributed by atoms with Gasteiger partial charge in [-0.15, -0.1) is 0 Å². The molecule has 0 amide bonds. The third-order valence-electron chi connectivity index (χ3n) is 2.84. The number of nitro benzene ring substituents is 1. The SMILES string of the molecule is Cc1cc(CO)ccc1Oc1cc(Cl)c(Cl)cc1[N+](=O)[O-]. The molecule has 110 valence electrons. The number of benzene rings is 2. The maximum Gasteiger partial charge on any atom is 0.313 e. The van der Waals surface area contributed by atoms with Gasteiger partial charge in [0.1, 0.15) is 5.75 Å². The molecule has 0 aliphatic heterocycles. The van der Waals surface area contributed by atoms with Crippen molar-refractivity contribution in [3.05, 3.63) is 61.6 Å². The van der Waals surface area contributed by atoms with Gasteiger partial charge >= 0.3 is 5.69 Å². The molecule has 0 bridgehead atoms. The van der Waals surface area contributed by atoms with Gasteiger partial charge in [0.05, 0.1) is 21.6 Å². The fraction of sp³-hybridized carbons (Fsp3) is 0.143. The lowest BCUT2D eigenvalue weighted by molar-refractivity contribution is -0.385. The van der Waals surface area contributed by atoms with Crippen LogP contribution in [0, 0.1) is 17.0 Å². The van der Waals surface area contributed by atoms with Gasteiger partial charge in [-0.1, -0.05) is 35.3 Å². The second kappa shape index (κ2) is 6.30. The quantitative estimate of drug-likeness (QED) is 0.663. The molecule has 0 atom stereocenters. The number of nitro groups is 1. The number of ether oxygens (including phenoxy) is 1. The monoisotopic (exact) mass is 327 g/mol. The van der Waals surface area contributed by atoms with E-state index in [-0.39, 0.29) is 28.1 Å². The van der Waals surface area contributed by atoms with Gasteiger partial charge in [-0.25, -0.2) is 0 Å². The molecule has 0 unspecified atom stereocenters. The lowest BCUT2D eigenvalue weighted by atomic mass is 10.1. The lowest BCUT2D eigenvalue weighted by Crippen LogP contribution is -1.96. The van der Waals surface area contributed by atoms with Crippen LogP contribution in [0.4, 0.5) is 5.69 Å². The van der Waals surface area contributed by atoms with E-state index >= 15 is 0 Å². The van der Waals surface area contributed by atoms with Crippen molar-refractivity contribution >= 4 is 28.9 Å². The number of nitrogens with zero attached hydrogens (tertiary/aromatic N) is 1. The van der Waals surface area contributed by atoms with Crippen LogP contribution in [0.2, 0.25) is 10.0 Å². The Labute approximate surface area is 130 Å². The number of hydrogen-bond acceptors (Lipinski definition) is 4. The first kappa shape index (κ1) is 15.6. The fourth-order valence-electron chi connectivity index (χ4n) is 1.79. The van der Waals surface area contributed by atoms with Gasteiger partial charge in [-0.3, -0.25) is 10.1 Å². The van der Waals surface area contributed by atoms with Crippen molar-refractivity contribution in [1.82, 2.24) is 0 Å². The zero-order valence-electron chi connectivity index (χ0n) is 11.0. The molecule has 0 aliphatic carbocycles.